The predicted molar refractivity (Wildman–Crippen MR) is 147 cm³/mol. The van der Waals surface area contributed by atoms with E-state index in [0.29, 0.717) is 24.8 Å². The number of ether oxygens (including phenoxy) is 3. The summed E-state index contributed by atoms with van der Waals surface area (Å²) in [6.07, 6.45) is 1.55. The van der Waals surface area contributed by atoms with E-state index >= 15 is 0 Å². The van der Waals surface area contributed by atoms with Gasteiger partial charge in [0.1, 0.15) is 30.1 Å². The Morgan fingerprint density at radius 2 is 1.64 bits per heavy atom. The highest BCUT2D eigenvalue weighted by molar-refractivity contribution is 5.80. The van der Waals surface area contributed by atoms with Crippen LogP contribution < -0.4 is 10.1 Å². The van der Waals surface area contributed by atoms with E-state index in [1.807, 2.05) is 63.2 Å². The minimum atomic E-state index is -1.14. The molecule has 2 N–H and O–H groups in total. The van der Waals surface area contributed by atoms with Crippen molar-refractivity contribution in [2.45, 2.75) is 77.7 Å². The SMILES string of the molecule is CCC(Oc1ccc(CC(NC(=O)OCc2ccccc2)C(=O)O)cc1)C1CCN(C(=O)OC(C)(C)C)CC1. The molecule has 3 rings (SSSR count). The van der Waals surface area contributed by atoms with Gasteiger partial charge in [-0.3, -0.25) is 0 Å². The Balaban J connectivity index is 1.49. The third kappa shape index (κ3) is 9.81. The fourth-order valence-corrected chi connectivity index (χ4v) is 4.51. The lowest BCUT2D eigenvalue weighted by molar-refractivity contribution is -0.139. The Kier molecular flexibility index (Phi) is 10.6. The summed E-state index contributed by atoms with van der Waals surface area (Å²) in [6.45, 7) is 9.00. The molecule has 0 aromatic heterocycles. The molecule has 0 saturated carbocycles. The van der Waals surface area contributed by atoms with Gasteiger partial charge in [0, 0.05) is 19.5 Å². The molecule has 0 bridgehead atoms. The van der Waals surface area contributed by atoms with Gasteiger partial charge in [-0.1, -0.05) is 49.4 Å². The number of nitrogens with one attached hydrogen (secondary N) is 1. The Morgan fingerprint density at radius 3 is 2.21 bits per heavy atom. The van der Waals surface area contributed by atoms with Crippen LogP contribution in [0.2, 0.25) is 0 Å². The van der Waals surface area contributed by atoms with Crippen LogP contribution in [-0.2, 0) is 27.3 Å². The summed E-state index contributed by atoms with van der Waals surface area (Å²) < 4.78 is 16.9. The summed E-state index contributed by atoms with van der Waals surface area (Å²) in [4.78, 5) is 38.0. The van der Waals surface area contributed by atoms with Gasteiger partial charge in [-0.15, -0.1) is 0 Å². The van der Waals surface area contributed by atoms with Crippen molar-refractivity contribution in [3.63, 3.8) is 0 Å². The molecule has 2 amide bonds. The highest BCUT2D eigenvalue weighted by atomic mass is 16.6. The van der Waals surface area contributed by atoms with Gasteiger partial charge in [0.05, 0.1) is 0 Å². The summed E-state index contributed by atoms with van der Waals surface area (Å²) in [5, 5.41) is 12.0. The number of rotatable bonds is 10. The summed E-state index contributed by atoms with van der Waals surface area (Å²) >= 11 is 0. The van der Waals surface area contributed by atoms with E-state index in [0.717, 1.165) is 30.4 Å². The molecule has 2 aromatic rings. The number of nitrogens with zero attached hydrogens (tertiary/aromatic N) is 1. The number of benzene rings is 2. The van der Waals surface area contributed by atoms with E-state index in [1.54, 1.807) is 17.0 Å². The van der Waals surface area contributed by atoms with Crippen LogP contribution >= 0.6 is 0 Å². The number of amides is 2. The number of likely N-dealkylation sites (tertiary alicyclic amines) is 1. The number of piperidine rings is 1. The van der Waals surface area contributed by atoms with Gasteiger partial charge in [0.2, 0.25) is 0 Å². The molecule has 0 radical (unpaired) electrons. The number of carbonyl (C=O) groups excluding carboxylic acids is 2. The van der Waals surface area contributed by atoms with Crippen molar-refractivity contribution in [2.24, 2.45) is 5.92 Å². The summed E-state index contributed by atoms with van der Waals surface area (Å²) in [6, 6.07) is 15.3. The number of hydrogen-bond donors (Lipinski definition) is 2. The molecule has 9 nitrogen and oxygen atoms in total. The zero-order valence-electron chi connectivity index (χ0n) is 23.2. The lowest BCUT2D eigenvalue weighted by Gasteiger charge is -2.36. The molecule has 1 aliphatic rings. The largest absolute Gasteiger partial charge is 0.490 e. The maximum absolute atomic E-state index is 12.4. The molecule has 2 aromatic carbocycles. The van der Waals surface area contributed by atoms with Gasteiger partial charge in [0.25, 0.3) is 0 Å². The lowest BCUT2D eigenvalue weighted by atomic mass is 9.90. The third-order valence-corrected chi connectivity index (χ3v) is 6.57. The first-order valence-corrected chi connectivity index (χ1v) is 13.5. The maximum Gasteiger partial charge on any atom is 0.410 e. The Morgan fingerprint density at radius 1 is 1.00 bits per heavy atom. The van der Waals surface area contributed by atoms with Gasteiger partial charge >= 0.3 is 18.2 Å². The van der Waals surface area contributed by atoms with E-state index in [9.17, 15) is 19.5 Å². The van der Waals surface area contributed by atoms with Crippen LogP contribution in [0.25, 0.3) is 0 Å². The zero-order chi connectivity index (χ0) is 28.4. The van der Waals surface area contributed by atoms with Crippen LogP contribution in [-0.4, -0.2) is 59.0 Å². The van der Waals surface area contributed by atoms with Crippen molar-refractivity contribution in [1.29, 1.82) is 0 Å². The first-order valence-electron chi connectivity index (χ1n) is 13.5. The second kappa shape index (κ2) is 13.9. The van der Waals surface area contributed by atoms with Gasteiger partial charge in [-0.05, 0) is 69.2 Å². The highest BCUT2D eigenvalue weighted by Crippen LogP contribution is 2.27. The number of aliphatic carboxylic acids is 1. The van der Waals surface area contributed by atoms with Gasteiger partial charge in [-0.2, -0.15) is 0 Å². The topological polar surface area (TPSA) is 114 Å². The smallest absolute Gasteiger partial charge is 0.410 e. The fourth-order valence-electron chi connectivity index (χ4n) is 4.51. The normalized spacial score (nSPS) is 15.6. The minimum absolute atomic E-state index is 0.00413. The molecule has 0 spiro atoms. The molecule has 1 saturated heterocycles. The zero-order valence-corrected chi connectivity index (χ0v) is 23.2. The monoisotopic (exact) mass is 540 g/mol. The van der Waals surface area contributed by atoms with Crippen LogP contribution in [0.1, 0.15) is 58.1 Å². The Bertz CT molecular complexity index is 1070. The molecule has 1 fully saturated rings. The van der Waals surface area contributed by atoms with Gasteiger partial charge in [-0.25, -0.2) is 14.4 Å². The van der Waals surface area contributed by atoms with E-state index < -0.39 is 23.7 Å². The average molecular weight is 541 g/mol. The van der Waals surface area contributed by atoms with Gasteiger partial charge < -0.3 is 29.5 Å². The molecule has 1 aliphatic heterocycles. The Labute approximate surface area is 230 Å². The Hall–Kier alpha value is -3.75. The summed E-state index contributed by atoms with van der Waals surface area (Å²) in [5.41, 5.74) is 1.05. The van der Waals surface area contributed by atoms with E-state index in [2.05, 4.69) is 12.2 Å². The van der Waals surface area contributed by atoms with Gasteiger partial charge in [0.15, 0.2) is 0 Å². The standard InChI is InChI=1S/C30H40N2O7/c1-5-26(23-15-17-32(18-16-23)29(36)39-30(2,3)4)38-24-13-11-21(12-14-24)19-25(27(33)34)31-28(35)37-20-22-9-7-6-8-10-22/h6-14,23,25-26H,5,15-20H2,1-4H3,(H,31,35)(H,33,34). The molecular formula is C30H40N2O7. The molecule has 9 heteroatoms. The van der Waals surface area contributed by atoms with Crippen LogP contribution in [0.4, 0.5) is 9.59 Å². The van der Waals surface area contributed by atoms with Crippen molar-refractivity contribution in [3.05, 3.63) is 65.7 Å². The highest BCUT2D eigenvalue weighted by Gasteiger charge is 2.31. The second-order valence-electron chi connectivity index (χ2n) is 10.8. The van der Waals surface area contributed by atoms with Crippen LogP contribution in [0.15, 0.2) is 54.6 Å². The molecule has 39 heavy (non-hydrogen) atoms. The fraction of sp³-hybridized carbons (Fsp3) is 0.500. The quantitative estimate of drug-likeness (QED) is 0.414. The maximum atomic E-state index is 12.4. The number of carbonyl (C=O) groups is 3. The molecule has 212 valence electrons. The van der Waals surface area contributed by atoms with Crippen LogP contribution in [0.5, 0.6) is 5.75 Å². The van der Waals surface area contributed by atoms with Crippen molar-refractivity contribution >= 4 is 18.2 Å². The first kappa shape index (κ1) is 29.8. The molecule has 1 heterocycles. The molecule has 0 aliphatic carbocycles. The van der Waals surface area contributed by atoms with Crippen molar-refractivity contribution in [3.8, 4) is 5.75 Å². The van der Waals surface area contributed by atoms with E-state index in [1.165, 1.54) is 0 Å². The number of carboxylic acid groups (broad SMARTS) is 1. The number of carboxylic acids is 1. The number of hydrogen-bond acceptors (Lipinski definition) is 6. The van der Waals surface area contributed by atoms with E-state index in [-0.39, 0.29) is 25.2 Å². The lowest BCUT2D eigenvalue weighted by Crippen LogP contribution is -2.44. The van der Waals surface area contributed by atoms with Crippen molar-refractivity contribution < 1.29 is 33.7 Å². The molecular weight excluding hydrogens is 500 g/mol. The average Bonchev–Trinajstić information content (AvgIpc) is 2.90. The molecule has 2 unspecified atom stereocenters. The van der Waals surface area contributed by atoms with Crippen LogP contribution in [0.3, 0.4) is 0 Å². The van der Waals surface area contributed by atoms with Crippen LogP contribution in [0, 0.1) is 5.92 Å². The summed E-state index contributed by atoms with van der Waals surface area (Å²) in [5.74, 6) is -0.131. The molecule has 2 atom stereocenters. The first-order chi connectivity index (χ1) is 18.5. The number of alkyl carbamates (subject to hydrolysis) is 1. The third-order valence-electron chi connectivity index (χ3n) is 6.57. The summed E-state index contributed by atoms with van der Waals surface area (Å²) in [7, 11) is 0. The second-order valence-corrected chi connectivity index (χ2v) is 10.8. The van der Waals surface area contributed by atoms with Crippen molar-refractivity contribution in [1.82, 2.24) is 10.2 Å². The predicted octanol–water partition coefficient (Wildman–Crippen LogP) is 5.41. The van der Waals surface area contributed by atoms with Crippen molar-refractivity contribution in [2.75, 3.05) is 13.1 Å². The van der Waals surface area contributed by atoms with E-state index in [4.69, 9.17) is 14.2 Å². The minimum Gasteiger partial charge on any atom is -0.490 e.